The first-order valence-corrected chi connectivity index (χ1v) is 7.99. The number of rotatable bonds is 7. The highest BCUT2D eigenvalue weighted by molar-refractivity contribution is 7.91. The summed E-state index contributed by atoms with van der Waals surface area (Å²) in [6.07, 6.45) is 4.24. The van der Waals surface area contributed by atoms with Crippen LogP contribution in [0.5, 0.6) is 0 Å². The van der Waals surface area contributed by atoms with Crippen LogP contribution in [0.25, 0.3) is 0 Å². The van der Waals surface area contributed by atoms with Crippen LogP contribution in [-0.4, -0.2) is 40.0 Å². The summed E-state index contributed by atoms with van der Waals surface area (Å²) in [6, 6.07) is 0.233. The molecule has 0 fully saturated rings. The molecular weight excluding hydrogens is 244 g/mol. The molecule has 0 amide bonds. The highest BCUT2D eigenvalue weighted by atomic mass is 32.2. The summed E-state index contributed by atoms with van der Waals surface area (Å²) in [5.74, 6) is 0.735. The molecule has 0 N–H and O–H groups in total. The number of hydrogen-bond donors (Lipinski definition) is 0. The van der Waals surface area contributed by atoms with Gasteiger partial charge in [-0.05, 0) is 40.7 Å². The zero-order valence-corrected chi connectivity index (χ0v) is 13.9. The van der Waals surface area contributed by atoms with E-state index < -0.39 is 11.4 Å². The Morgan fingerprint density at radius 3 is 2.17 bits per heavy atom. The van der Waals surface area contributed by atoms with Gasteiger partial charge >= 0.3 is 0 Å². The van der Waals surface area contributed by atoms with E-state index in [9.17, 15) is 4.55 Å². The minimum Gasteiger partial charge on any atom is -0.591 e. The molecule has 3 nitrogen and oxygen atoms in total. The zero-order chi connectivity index (χ0) is 14.3. The molecule has 0 aromatic carbocycles. The van der Waals surface area contributed by atoms with Crippen LogP contribution in [0.4, 0.5) is 0 Å². The van der Waals surface area contributed by atoms with E-state index in [1.807, 2.05) is 27.0 Å². The van der Waals surface area contributed by atoms with Crippen molar-refractivity contribution in [1.82, 2.24) is 4.90 Å². The monoisotopic (exact) mass is 274 g/mol. The van der Waals surface area contributed by atoms with E-state index in [1.54, 1.807) is 0 Å². The van der Waals surface area contributed by atoms with Crippen LogP contribution >= 0.6 is 0 Å². The molecule has 0 rings (SSSR count). The molecule has 0 radical (unpaired) electrons. The van der Waals surface area contributed by atoms with Crippen LogP contribution in [0.15, 0.2) is 4.40 Å². The fourth-order valence-corrected chi connectivity index (χ4v) is 2.14. The van der Waals surface area contributed by atoms with Crippen molar-refractivity contribution in [2.45, 2.75) is 65.2 Å². The van der Waals surface area contributed by atoms with Gasteiger partial charge in [0.25, 0.3) is 0 Å². The zero-order valence-electron chi connectivity index (χ0n) is 13.1. The molecule has 0 heterocycles. The maximum Gasteiger partial charge on any atom is 0.144 e. The fraction of sp³-hybridized carbons (Fsp3) is 0.929. The Morgan fingerprint density at radius 2 is 1.78 bits per heavy atom. The van der Waals surface area contributed by atoms with E-state index in [4.69, 9.17) is 0 Å². The van der Waals surface area contributed by atoms with E-state index in [2.05, 4.69) is 37.1 Å². The van der Waals surface area contributed by atoms with E-state index in [-0.39, 0.29) is 10.8 Å². The lowest BCUT2D eigenvalue weighted by Crippen LogP contribution is -2.35. The second kappa shape index (κ2) is 8.18. The van der Waals surface area contributed by atoms with Gasteiger partial charge in [-0.25, -0.2) is 0 Å². The smallest absolute Gasteiger partial charge is 0.144 e. The average molecular weight is 274 g/mol. The van der Waals surface area contributed by atoms with Crippen LogP contribution in [0.1, 0.15) is 54.4 Å². The van der Waals surface area contributed by atoms with Crippen LogP contribution in [0, 0.1) is 5.92 Å². The Bertz CT molecular complexity index is 247. The third-order valence-electron chi connectivity index (χ3n) is 3.29. The van der Waals surface area contributed by atoms with Gasteiger partial charge in [0.2, 0.25) is 0 Å². The molecule has 0 aromatic rings. The quantitative estimate of drug-likeness (QED) is 0.528. The normalized spacial score (nSPS) is 16.8. The Kier molecular flexibility index (Phi) is 8.15. The van der Waals surface area contributed by atoms with Gasteiger partial charge < -0.3 is 4.55 Å². The van der Waals surface area contributed by atoms with Crippen LogP contribution in [0.3, 0.4) is 0 Å². The van der Waals surface area contributed by atoms with Crippen LogP contribution < -0.4 is 0 Å². The predicted molar refractivity (Wildman–Crippen MR) is 82.6 cm³/mol. The van der Waals surface area contributed by atoms with E-state index >= 15 is 0 Å². The van der Waals surface area contributed by atoms with Crippen molar-refractivity contribution >= 4 is 17.6 Å². The Hall–Kier alpha value is -0.0600. The molecule has 4 heteroatoms. The Labute approximate surface area is 116 Å². The van der Waals surface area contributed by atoms with Crippen molar-refractivity contribution in [2.75, 3.05) is 13.6 Å². The second-order valence-electron chi connectivity index (χ2n) is 5.98. The Balaban J connectivity index is 4.31. The van der Waals surface area contributed by atoms with Crippen molar-refractivity contribution in [2.24, 2.45) is 10.3 Å². The minimum absolute atomic E-state index is 0.233. The maximum absolute atomic E-state index is 11.8. The summed E-state index contributed by atoms with van der Waals surface area (Å²) in [5, 5.41) is 0. The SMILES string of the molecule is CCC(CC)CN(C)C(C)/C=N/[S+]([O-])C(C)(C)C. The second-order valence-corrected chi connectivity index (χ2v) is 7.91. The summed E-state index contributed by atoms with van der Waals surface area (Å²) in [5.41, 5.74) is 0. The first kappa shape index (κ1) is 17.9. The van der Waals surface area contributed by atoms with Crippen LogP contribution in [0.2, 0.25) is 0 Å². The van der Waals surface area contributed by atoms with Gasteiger partial charge in [-0.15, -0.1) is 0 Å². The van der Waals surface area contributed by atoms with Crippen molar-refractivity contribution < 1.29 is 4.55 Å². The van der Waals surface area contributed by atoms with Crippen molar-refractivity contribution in [3.63, 3.8) is 0 Å². The van der Waals surface area contributed by atoms with Crippen molar-refractivity contribution in [3.05, 3.63) is 0 Å². The van der Waals surface area contributed by atoms with E-state index in [1.165, 1.54) is 12.8 Å². The molecule has 0 saturated heterocycles. The molecule has 0 aromatic heterocycles. The Morgan fingerprint density at radius 1 is 1.28 bits per heavy atom. The van der Waals surface area contributed by atoms with Gasteiger partial charge in [0.1, 0.15) is 16.1 Å². The van der Waals surface area contributed by atoms with Gasteiger partial charge in [-0.2, -0.15) is 0 Å². The lowest BCUT2D eigenvalue weighted by molar-refractivity contribution is 0.252. The van der Waals surface area contributed by atoms with E-state index in [0.717, 1.165) is 12.5 Å². The number of nitrogens with zero attached hydrogens (tertiary/aromatic N) is 2. The molecule has 2 unspecified atom stereocenters. The molecule has 0 bridgehead atoms. The molecule has 0 aliphatic heterocycles. The topological polar surface area (TPSA) is 38.7 Å². The molecule has 108 valence electrons. The standard InChI is InChI=1S/C14H30N2OS/c1-8-13(9-2)11-16(7)12(3)10-15-18(17)14(4,5)6/h10,12-13H,8-9,11H2,1-7H3/b15-10+. The molecular formula is C14H30N2OS. The maximum atomic E-state index is 11.8. The molecule has 0 aliphatic rings. The highest BCUT2D eigenvalue weighted by Gasteiger charge is 2.26. The minimum atomic E-state index is -1.15. The summed E-state index contributed by atoms with van der Waals surface area (Å²) in [4.78, 5) is 2.28. The van der Waals surface area contributed by atoms with E-state index in [0.29, 0.717) is 0 Å². The third-order valence-corrected chi connectivity index (χ3v) is 4.65. The van der Waals surface area contributed by atoms with Crippen molar-refractivity contribution in [1.29, 1.82) is 0 Å². The third kappa shape index (κ3) is 6.76. The van der Waals surface area contributed by atoms with Gasteiger partial charge in [0, 0.05) is 12.6 Å². The van der Waals surface area contributed by atoms with Crippen molar-refractivity contribution in [3.8, 4) is 0 Å². The predicted octanol–water partition coefficient (Wildman–Crippen LogP) is 3.28. The van der Waals surface area contributed by atoms with Gasteiger partial charge in [-0.3, -0.25) is 4.90 Å². The first-order valence-electron chi connectivity index (χ1n) is 6.88. The molecule has 18 heavy (non-hydrogen) atoms. The molecule has 0 saturated carbocycles. The largest absolute Gasteiger partial charge is 0.591 e. The lowest BCUT2D eigenvalue weighted by Gasteiger charge is -2.26. The van der Waals surface area contributed by atoms with Crippen LogP contribution in [-0.2, 0) is 11.4 Å². The highest BCUT2D eigenvalue weighted by Crippen LogP contribution is 2.17. The van der Waals surface area contributed by atoms with Gasteiger partial charge in [0.15, 0.2) is 0 Å². The van der Waals surface area contributed by atoms with Gasteiger partial charge in [0.05, 0.1) is 6.21 Å². The molecule has 0 spiro atoms. The number of hydrogen-bond acceptors (Lipinski definition) is 3. The summed E-state index contributed by atoms with van der Waals surface area (Å²) >= 11 is -1.15. The molecule has 2 atom stereocenters. The summed E-state index contributed by atoms with van der Waals surface area (Å²) in [6.45, 7) is 13.5. The fourth-order valence-electron chi connectivity index (χ4n) is 1.54. The summed E-state index contributed by atoms with van der Waals surface area (Å²) in [7, 11) is 2.11. The van der Waals surface area contributed by atoms with Gasteiger partial charge in [-0.1, -0.05) is 31.1 Å². The lowest BCUT2D eigenvalue weighted by atomic mass is 10.0. The summed E-state index contributed by atoms with van der Waals surface area (Å²) < 4.78 is 15.7. The molecule has 0 aliphatic carbocycles. The first-order chi connectivity index (χ1) is 8.22. The average Bonchev–Trinajstić information content (AvgIpc) is 2.30.